The lowest BCUT2D eigenvalue weighted by Gasteiger charge is -1.89. The van der Waals surface area contributed by atoms with Crippen molar-refractivity contribution in [2.45, 2.75) is 20.3 Å². The minimum atomic E-state index is 0.824. The molecule has 0 spiro atoms. The summed E-state index contributed by atoms with van der Waals surface area (Å²) in [5.74, 6) is 0.824. The highest BCUT2D eigenvalue weighted by atomic mass is 15.0. The molecular formula is C8H11N3. The molecule has 0 unspecified atom stereocenters. The van der Waals surface area contributed by atoms with Gasteiger partial charge in [-0.3, -0.25) is 0 Å². The average Bonchev–Trinajstić information content (AvgIpc) is 2.55. The number of hydrogen-bond donors (Lipinski definition) is 0. The molecule has 11 heavy (non-hydrogen) atoms. The molecule has 0 N–H and O–H groups in total. The summed E-state index contributed by atoms with van der Waals surface area (Å²) in [4.78, 5) is 11.8. The quantitative estimate of drug-likeness (QED) is 0.563. The third-order valence-electron chi connectivity index (χ3n) is 1.29. The van der Waals surface area contributed by atoms with Gasteiger partial charge in [-0.25, -0.2) is 15.0 Å². The Labute approximate surface area is 66.2 Å². The molecule has 1 aliphatic heterocycles. The molecule has 0 aromatic carbocycles. The number of aromatic nitrogens is 2. The van der Waals surface area contributed by atoms with Crippen molar-refractivity contribution in [3.05, 3.63) is 18.1 Å². The van der Waals surface area contributed by atoms with E-state index in [9.17, 15) is 0 Å². The highest BCUT2D eigenvalue weighted by Crippen LogP contribution is 2.17. The fourth-order valence-corrected chi connectivity index (χ4v) is 0.843. The van der Waals surface area contributed by atoms with Crippen molar-refractivity contribution in [3.8, 4) is 0 Å². The maximum atomic E-state index is 4.02. The van der Waals surface area contributed by atoms with E-state index in [0.717, 1.165) is 17.8 Å². The molecule has 1 aromatic rings. The number of rotatable bonds is 0. The van der Waals surface area contributed by atoms with Crippen LogP contribution in [0.2, 0.25) is 0 Å². The molecule has 0 bridgehead atoms. The highest BCUT2D eigenvalue weighted by Gasteiger charge is 2.04. The number of nitrogens with zero attached hydrogens (tertiary/aromatic N) is 3. The number of hydrogen-bond acceptors (Lipinski definition) is 3. The Kier molecular flexibility index (Phi) is 2.72. The molecule has 0 saturated heterocycles. The van der Waals surface area contributed by atoms with Crippen molar-refractivity contribution >= 4 is 12.0 Å². The predicted molar refractivity (Wildman–Crippen MR) is 45.2 cm³/mol. The van der Waals surface area contributed by atoms with E-state index in [1.54, 1.807) is 6.20 Å². The van der Waals surface area contributed by atoms with Crippen molar-refractivity contribution in [1.29, 1.82) is 0 Å². The molecule has 58 valence electrons. The van der Waals surface area contributed by atoms with Gasteiger partial charge in [-0.2, -0.15) is 0 Å². The molecule has 0 aliphatic carbocycles. The molecule has 0 atom stereocenters. The third kappa shape index (κ3) is 1.61. The first-order valence-corrected chi connectivity index (χ1v) is 3.78. The minimum absolute atomic E-state index is 0.824. The van der Waals surface area contributed by atoms with Gasteiger partial charge >= 0.3 is 0 Å². The summed E-state index contributed by atoms with van der Waals surface area (Å²) >= 11 is 0. The molecular weight excluding hydrogens is 138 g/mol. The van der Waals surface area contributed by atoms with Gasteiger partial charge in [0.05, 0.1) is 0 Å². The van der Waals surface area contributed by atoms with Crippen LogP contribution in [-0.4, -0.2) is 16.2 Å². The highest BCUT2D eigenvalue weighted by molar-refractivity contribution is 5.73. The van der Waals surface area contributed by atoms with Gasteiger partial charge in [-0.15, -0.1) is 0 Å². The molecule has 0 saturated carbocycles. The summed E-state index contributed by atoms with van der Waals surface area (Å²) in [6, 6.07) is 0. The van der Waals surface area contributed by atoms with Gasteiger partial charge in [0.2, 0.25) is 0 Å². The van der Waals surface area contributed by atoms with Gasteiger partial charge < -0.3 is 0 Å². The Morgan fingerprint density at radius 2 is 2.18 bits per heavy atom. The maximum Gasteiger partial charge on any atom is 0.158 e. The van der Waals surface area contributed by atoms with Crippen molar-refractivity contribution in [3.63, 3.8) is 0 Å². The Balaban J connectivity index is 0.000000281. The van der Waals surface area contributed by atoms with E-state index in [2.05, 4.69) is 15.0 Å². The summed E-state index contributed by atoms with van der Waals surface area (Å²) in [5.41, 5.74) is 1.12. The normalized spacial score (nSPS) is 11.8. The monoisotopic (exact) mass is 149 g/mol. The fraction of sp³-hybridized carbons (Fsp3) is 0.375. The summed E-state index contributed by atoms with van der Waals surface area (Å²) in [6.07, 6.45) is 6.05. The van der Waals surface area contributed by atoms with Crippen LogP contribution >= 0.6 is 0 Å². The van der Waals surface area contributed by atoms with Gasteiger partial charge in [0.1, 0.15) is 6.33 Å². The zero-order chi connectivity index (χ0) is 8.10. The fourth-order valence-electron chi connectivity index (χ4n) is 0.843. The number of aliphatic imine (C=N–C) groups is 1. The lowest BCUT2D eigenvalue weighted by molar-refractivity contribution is 1.12. The second-order valence-electron chi connectivity index (χ2n) is 1.89. The molecule has 0 radical (unpaired) electrons. The van der Waals surface area contributed by atoms with E-state index in [1.165, 1.54) is 6.33 Å². The number of fused-ring (bicyclic) bond motifs is 1. The smallest absolute Gasteiger partial charge is 0.158 e. The van der Waals surface area contributed by atoms with Gasteiger partial charge in [0.15, 0.2) is 5.82 Å². The van der Waals surface area contributed by atoms with E-state index in [-0.39, 0.29) is 0 Å². The van der Waals surface area contributed by atoms with Crippen LogP contribution in [0.4, 0.5) is 5.82 Å². The SMILES string of the molecule is C1=Nc2ncncc2C1.CC. The van der Waals surface area contributed by atoms with Crippen molar-refractivity contribution < 1.29 is 0 Å². The maximum absolute atomic E-state index is 4.02. The molecule has 0 fully saturated rings. The molecule has 1 aliphatic rings. The van der Waals surface area contributed by atoms with E-state index in [1.807, 2.05) is 20.1 Å². The van der Waals surface area contributed by atoms with Crippen molar-refractivity contribution in [1.82, 2.24) is 9.97 Å². The first kappa shape index (κ1) is 7.85. The molecule has 3 heteroatoms. The molecule has 0 amide bonds. The topological polar surface area (TPSA) is 38.1 Å². The van der Waals surface area contributed by atoms with Crippen LogP contribution in [0.25, 0.3) is 0 Å². The minimum Gasteiger partial charge on any atom is -0.244 e. The van der Waals surface area contributed by atoms with E-state index >= 15 is 0 Å². The Bertz CT molecular complexity index is 255. The van der Waals surface area contributed by atoms with E-state index in [4.69, 9.17) is 0 Å². The summed E-state index contributed by atoms with van der Waals surface area (Å²) in [6.45, 7) is 4.00. The van der Waals surface area contributed by atoms with Gasteiger partial charge in [0.25, 0.3) is 0 Å². The van der Waals surface area contributed by atoms with Crippen molar-refractivity contribution in [2.75, 3.05) is 0 Å². The largest absolute Gasteiger partial charge is 0.244 e. The third-order valence-corrected chi connectivity index (χ3v) is 1.29. The standard InChI is InChI=1S/C6H5N3.C2H6/c1-2-8-6-5(1)3-7-4-9-6;1-2/h2-4H,1H2;1-2H3. The van der Waals surface area contributed by atoms with E-state index < -0.39 is 0 Å². The first-order valence-electron chi connectivity index (χ1n) is 3.78. The lowest BCUT2D eigenvalue weighted by Crippen LogP contribution is -1.82. The van der Waals surface area contributed by atoms with Crippen LogP contribution < -0.4 is 0 Å². The van der Waals surface area contributed by atoms with Crippen LogP contribution in [0.3, 0.4) is 0 Å². The Morgan fingerprint density at radius 1 is 1.36 bits per heavy atom. The summed E-state index contributed by atoms with van der Waals surface area (Å²) in [5, 5.41) is 0. The Morgan fingerprint density at radius 3 is 2.91 bits per heavy atom. The summed E-state index contributed by atoms with van der Waals surface area (Å²) in [7, 11) is 0. The van der Waals surface area contributed by atoms with Crippen LogP contribution in [0, 0.1) is 0 Å². The lowest BCUT2D eigenvalue weighted by atomic mass is 10.3. The zero-order valence-corrected chi connectivity index (χ0v) is 6.78. The second kappa shape index (κ2) is 3.81. The molecule has 2 heterocycles. The predicted octanol–water partition coefficient (Wildman–Crippen LogP) is 1.76. The second-order valence-corrected chi connectivity index (χ2v) is 1.89. The van der Waals surface area contributed by atoms with E-state index in [0.29, 0.717) is 0 Å². The van der Waals surface area contributed by atoms with Gasteiger partial charge in [-0.05, 0) is 0 Å². The summed E-state index contributed by atoms with van der Waals surface area (Å²) < 4.78 is 0. The van der Waals surface area contributed by atoms with Crippen LogP contribution in [0.15, 0.2) is 17.5 Å². The van der Waals surface area contributed by atoms with Gasteiger partial charge in [0, 0.05) is 24.4 Å². The zero-order valence-electron chi connectivity index (χ0n) is 6.78. The van der Waals surface area contributed by atoms with Crippen molar-refractivity contribution in [2.24, 2.45) is 4.99 Å². The van der Waals surface area contributed by atoms with Crippen LogP contribution in [-0.2, 0) is 6.42 Å². The van der Waals surface area contributed by atoms with Gasteiger partial charge in [-0.1, -0.05) is 13.8 Å². The Hall–Kier alpha value is -1.25. The van der Waals surface area contributed by atoms with Crippen LogP contribution in [0.5, 0.6) is 0 Å². The molecule has 1 aromatic heterocycles. The van der Waals surface area contributed by atoms with Crippen LogP contribution in [0.1, 0.15) is 19.4 Å². The first-order chi connectivity index (χ1) is 5.47. The molecule has 3 nitrogen and oxygen atoms in total. The average molecular weight is 149 g/mol. The molecule has 2 rings (SSSR count).